The number of carbonyl (C=O) groups excluding carboxylic acids is 2. The molecule has 1 aliphatic heterocycles. The van der Waals surface area contributed by atoms with E-state index in [4.69, 9.17) is 4.74 Å². The molecular formula is C24H30N2O3S. The predicted molar refractivity (Wildman–Crippen MR) is 122 cm³/mol. The molecule has 0 atom stereocenters. The van der Waals surface area contributed by atoms with Gasteiger partial charge >= 0.3 is 5.97 Å². The van der Waals surface area contributed by atoms with E-state index >= 15 is 0 Å². The van der Waals surface area contributed by atoms with Crippen molar-refractivity contribution in [2.24, 2.45) is 5.92 Å². The van der Waals surface area contributed by atoms with Crippen molar-refractivity contribution in [3.63, 3.8) is 0 Å². The SMILES string of the molecule is CCOC(=O)c1c(NC(=O)C2CCN(c3ccc(C)cc3)CC2)sc2c1CCCC2. The molecule has 1 N–H and O–H groups in total. The summed E-state index contributed by atoms with van der Waals surface area (Å²) < 4.78 is 5.30. The topological polar surface area (TPSA) is 58.6 Å². The summed E-state index contributed by atoms with van der Waals surface area (Å²) in [7, 11) is 0. The molecule has 1 aromatic heterocycles. The summed E-state index contributed by atoms with van der Waals surface area (Å²) in [5.41, 5.74) is 4.16. The van der Waals surface area contributed by atoms with Crippen LogP contribution in [0.2, 0.25) is 0 Å². The lowest BCUT2D eigenvalue weighted by Gasteiger charge is -2.33. The standard InChI is InChI=1S/C24H30N2O3S/c1-3-29-24(28)21-19-6-4-5-7-20(19)30-23(21)25-22(27)17-12-14-26(15-13-17)18-10-8-16(2)9-11-18/h8-11,17H,3-7,12-15H2,1-2H3,(H,25,27). The molecule has 5 nitrogen and oxygen atoms in total. The number of benzene rings is 1. The molecule has 0 bridgehead atoms. The van der Waals surface area contributed by atoms with E-state index in [1.54, 1.807) is 11.3 Å². The molecule has 1 saturated heterocycles. The van der Waals surface area contributed by atoms with E-state index in [1.165, 1.54) is 16.1 Å². The molecule has 1 amide bonds. The number of hydrogen-bond donors (Lipinski definition) is 1. The molecular weight excluding hydrogens is 396 g/mol. The molecule has 0 spiro atoms. The molecule has 2 heterocycles. The van der Waals surface area contributed by atoms with Crippen LogP contribution < -0.4 is 10.2 Å². The highest BCUT2D eigenvalue weighted by Gasteiger charge is 2.30. The van der Waals surface area contributed by atoms with Crippen LogP contribution in [0.15, 0.2) is 24.3 Å². The van der Waals surface area contributed by atoms with Gasteiger partial charge in [-0.2, -0.15) is 0 Å². The number of hydrogen-bond acceptors (Lipinski definition) is 5. The minimum atomic E-state index is -0.304. The highest BCUT2D eigenvalue weighted by atomic mass is 32.1. The van der Waals surface area contributed by atoms with Crippen molar-refractivity contribution in [3.8, 4) is 0 Å². The Morgan fingerprint density at radius 2 is 1.83 bits per heavy atom. The molecule has 2 aliphatic rings. The van der Waals surface area contributed by atoms with Crippen LogP contribution in [0.5, 0.6) is 0 Å². The van der Waals surface area contributed by atoms with Crippen LogP contribution in [0.1, 0.15) is 59.0 Å². The highest BCUT2D eigenvalue weighted by molar-refractivity contribution is 7.17. The van der Waals surface area contributed by atoms with Crippen LogP contribution in [-0.4, -0.2) is 31.6 Å². The van der Waals surface area contributed by atoms with Crippen LogP contribution in [0.4, 0.5) is 10.7 Å². The van der Waals surface area contributed by atoms with E-state index < -0.39 is 0 Å². The number of nitrogens with zero attached hydrogens (tertiary/aromatic N) is 1. The zero-order chi connectivity index (χ0) is 21.1. The molecule has 160 valence electrons. The van der Waals surface area contributed by atoms with Gasteiger partial charge in [-0.3, -0.25) is 4.79 Å². The van der Waals surface area contributed by atoms with Gasteiger partial charge in [-0.25, -0.2) is 4.79 Å². The lowest BCUT2D eigenvalue weighted by atomic mass is 9.94. The second-order valence-electron chi connectivity index (χ2n) is 8.22. The number of anilines is 2. The first-order valence-electron chi connectivity index (χ1n) is 11.0. The molecule has 4 rings (SSSR count). The Kier molecular flexibility index (Phi) is 6.42. The third-order valence-electron chi connectivity index (χ3n) is 6.15. The number of esters is 1. The van der Waals surface area contributed by atoms with E-state index in [0.717, 1.165) is 57.2 Å². The van der Waals surface area contributed by atoms with Gasteiger partial charge in [0.05, 0.1) is 12.2 Å². The van der Waals surface area contributed by atoms with Gasteiger partial charge in [-0.05, 0) is 70.1 Å². The summed E-state index contributed by atoms with van der Waals surface area (Å²) in [6.45, 7) is 5.98. The molecule has 0 radical (unpaired) electrons. The summed E-state index contributed by atoms with van der Waals surface area (Å²) in [5, 5.41) is 3.79. The van der Waals surface area contributed by atoms with Gasteiger partial charge in [-0.15, -0.1) is 11.3 Å². The lowest BCUT2D eigenvalue weighted by molar-refractivity contribution is -0.120. The molecule has 1 aliphatic carbocycles. The van der Waals surface area contributed by atoms with Crippen LogP contribution >= 0.6 is 11.3 Å². The molecule has 6 heteroatoms. The van der Waals surface area contributed by atoms with E-state index in [-0.39, 0.29) is 17.8 Å². The van der Waals surface area contributed by atoms with Crippen molar-refractivity contribution in [1.82, 2.24) is 0 Å². The van der Waals surface area contributed by atoms with Crippen LogP contribution in [0, 0.1) is 12.8 Å². The molecule has 1 aromatic carbocycles. The van der Waals surface area contributed by atoms with E-state index in [0.29, 0.717) is 17.2 Å². The predicted octanol–water partition coefficient (Wildman–Crippen LogP) is 4.97. The third-order valence-corrected chi connectivity index (χ3v) is 7.36. The molecule has 2 aromatic rings. The van der Waals surface area contributed by atoms with E-state index in [1.807, 2.05) is 6.92 Å². The van der Waals surface area contributed by atoms with Gasteiger partial charge < -0.3 is 15.0 Å². The van der Waals surface area contributed by atoms with Crippen LogP contribution in [-0.2, 0) is 22.4 Å². The molecule has 0 saturated carbocycles. The van der Waals surface area contributed by atoms with Gasteiger partial charge in [0.25, 0.3) is 0 Å². The minimum Gasteiger partial charge on any atom is -0.462 e. The summed E-state index contributed by atoms with van der Waals surface area (Å²) >= 11 is 1.56. The summed E-state index contributed by atoms with van der Waals surface area (Å²) in [6.07, 6.45) is 5.74. The number of nitrogens with one attached hydrogen (secondary N) is 1. The lowest BCUT2D eigenvalue weighted by Crippen LogP contribution is -2.38. The monoisotopic (exact) mass is 426 g/mol. The van der Waals surface area contributed by atoms with Gasteiger partial charge in [0.1, 0.15) is 5.00 Å². The largest absolute Gasteiger partial charge is 0.462 e. The molecule has 1 fully saturated rings. The Morgan fingerprint density at radius 3 is 2.53 bits per heavy atom. The Hall–Kier alpha value is -2.34. The summed E-state index contributed by atoms with van der Waals surface area (Å²) in [5.74, 6) is -0.301. The maximum atomic E-state index is 13.0. The first-order valence-corrected chi connectivity index (χ1v) is 11.8. The number of thiophene rings is 1. The first-order chi connectivity index (χ1) is 14.6. The number of amides is 1. The van der Waals surface area contributed by atoms with Gasteiger partial charge in [-0.1, -0.05) is 17.7 Å². The Labute approximate surface area is 182 Å². The van der Waals surface area contributed by atoms with Crippen LogP contribution in [0.3, 0.4) is 0 Å². The maximum absolute atomic E-state index is 13.0. The van der Waals surface area contributed by atoms with Gasteiger partial charge in [0.2, 0.25) is 5.91 Å². The summed E-state index contributed by atoms with van der Waals surface area (Å²) in [4.78, 5) is 29.2. The molecule has 0 unspecified atom stereocenters. The Bertz CT molecular complexity index is 911. The van der Waals surface area contributed by atoms with Gasteiger partial charge in [0, 0.05) is 29.6 Å². The van der Waals surface area contributed by atoms with Crippen molar-refractivity contribution in [2.75, 3.05) is 29.9 Å². The zero-order valence-corrected chi connectivity index (χ0v) is 18.6. The number of aryl methyl sites for hydroxylation is 2. The average Bonchev–Trinajstić information content (AvgIpc) is 3.12. The average molecular weight is 427 g/mol. The molecule has 30 heavy (non-hydrogen) atoms. The second kappa shape index (κ2) is 9.21. The maximum Gasteiger partial charge on any atom is 0.341 e. The third kappa shape index (κ3) is 4.38. The quantitative estimate of drug-likeness (QED) is 0.686. The fourth-order valence-corrected chi connectivity index (χ4v) is 5.72. The second-order valence-corrected chi connectivity index (χ2v) is 9.33. The van der Waals surface area contributed by atoms with Crippen LogP contribution in [0.25, 0.3) is 0 Å². The van der Waals surface area contributed by atoms with Crippen molar-refractivity contribution >= 4 is 33.9 Å². The van der Waals surface area contributed by atoms with Crippen molar-refractivity contribution in [3.05, 3.63) is 45.8 Å². The fourth-order valence-electron chi connectivity index (χ4n) is 4.44. The minimum absolute atomic E-state index is 0.0270. The Balaban J connectivity index is 1.43. The van der Waals surface area contributed by atoms with Gasteiger partial charge in [0.15, 0.2) is 0 Å². The highest BCUT2D eigenvalue weighted by Crippen LogP contribution is 2.39. The van der Waals surface area contributed by atoms with Crippen molar-refractivity contribution < 1.29 is 14.3 Å². The number of fused-ring (bicyclic) bond motifs is 1. The normalized spacial score (nSPS) is 16.8. The smallest absolute Gasteiger partial charge is 0.341 e. The number of ether oxygens (including phenoxy) is 1. The number of carbonyl (C=O) groups is 2. The number of piperidine rings is 1. The van der Waals surface area contributed by atoms with Crippen molar-refractivity contribution in [2.45, 2.75) is 52.4 Å². The summed E-state index contributed by atoms with van der Waals surface area (Å²) in [6, 6.07) is 8.56. The Morgan fingerprint density at radius 1 is 1.13 bits per heavy atom. The van der Waals surface area contributed by atoms with Crippen molar-refractivity contribution in [1.29, 1.82) is 0 Å². The first kappa shape index (κ1) is 20.9. The zero-order valence-electron chi connectivity index (χ0n) is 17.8. The van der Waals surface area contributed by atoms with E-state index in [9.17, 15) is 9.59 Å². The number of rotatable bonds is 5. The fraction of sp³-hybridized carbons (Fsp3) is 0.500. The van der Waals surface area contributed by atoms with E-state index in [2.05, 4.69) is 41.4 Å².